The first-order chi connectivity index (χ1) is 4.71. The van der Waals surface area contributed by atoms with Crippen LogP contribution in [-0.4, -0.2) is 11.6 Å². The predicted octanol–water partition coefficient (Wildman–Crippen LogP) is 0.381. The Bertz CT molecular complexity index is 176. The van der Waals surface area contributed by atoms with E-state index in [1.165, 1.54) is 6.42 Å². The first-order valence-corrected chi connectivity index (χ1v) is 3.94. The van der Waals surface area contributed by atoms with E-state index in [1.807, 2.05) is 0 Å². The molecule has 0 aromatic heterocycles. The Balaban J connectivity index is 2.31. The Morgan fingerprint density at radius 1 is 1.50 bits per heavy atom. The van der Waals surface area contributed by atoms with Crippen LogP contribution in [-0.2, 0) is 0 Å². The van der Waals surface area contributed by atoms with Crippen LogP contribution in [0.2, 0.25) is 0 Å². The molecule has 1 saturated carbocycles. The molecule has 0 radical (unpaired) electrons. The fraction of sp³-hybridized carbons (Fsp3) is 0.750. The number of fused-ring (bicyclic) bond motifs is 2. The Hall–Kier alpha value is -0.340. The van der Waals surface area contributed by atoms with Gasteiger partial charge in [-0.25, -0.2) is 0 Å². The highest BCUT2D eigenvalue weighted by atomic mass is 14.9. The molecule has 4 N–H and O–H groups in total. The molecule has 0 aromatic rings. The quantitative estimate of drug-likeness (QED) is 0.475. The maximum absolute atomic E-state index is 6.03. The molecule has 2 nitrogen and oxygen atoms in total. The molecule has 3 aliphatic rings. The first kappa shape index (κ1) is 6.38. The van der Waals surface area contributed by atoms with E-state index in [1.54, 1.807) is 0 Å². The second-order valence-corrected chi connectivity index (χ2v) is 3.61. The van der Waals surface area contributed by atoms with E-state index in [-0.39, 0.29) is 11.6 Å². The van der Waals surface area contributed by atoms with Crippen LogP contribution in [0.1, 0.15) is 19.3 Å². The van der Waals surface area contributed by atoms with E-state index in [0.717, 1.165) is 18.8 Å². The third kappa shape index (κ3) is 0.724. The van der Waals surface area contributed by atoms with Gasteiger partial charge in [0.05, 0.1) is 0 Å². The number of hydrogen-bond acceptors (Lipinski definition) is 2. The number of rotatable bonds is 0. The van der Waals surface area contributed by atoms with Crippen LogP contribution in [0, 0.1) is 5.92 Å². The maximum Gasteiger partial charge on any atom is 0.0493 e. The van der Waals surface area contributed by atoms with E-state index in [2.05, 4.69) is 12.2 Å². The van der Waals surface area contributed by atoms with Crippen LogP contribution in [0.15, 0.2) is 12.2 Å². The highest BCUT2D eigenvalue weighted by Gasteiger charge is 2.39. The van der Waals surface area contributed by atoms with Gasteiger partial charge in [-0.2, -0.15) is 0 Å². The summed E-state index contributed by atoms with van der Waals surface area (Å²) in [4.78, 5) is 0. The van der Waals surface area contributed by atoms with Crippen LogP contribution in [0.3, 0.4) is 0 Å². The predicted molar refractivity (Wildman–Crippen MR) is 41.4 cm³/mol. The van der Waals surface area contributed by atoms with Gasteiger partial charge in [0, 0.05) is 11.6 Å². The van der Waals surface area contributed by atoms with Gasteiger partial charge in [-0.1, -0.05) is 12.2 Å². The van der Waals surface area contributed by atoms with E-state index in [4.69, 9.17) is 11.5 Å². The van der Waals surface area contributed by atoms with Crippen LogP contribution < -0.4 is 11.5 Å². The van der Waals surface area contributed by atoms with E-state index in [0.29, 0.717) is 0 Å². The van der Waals surface area contributed by atoms with Gasteiger partial charge in [0.25, 0.3) is 0 Å². The lowest BCUT2D eigenvalue weighted by Crippen LogP contribution is -2.59. The van der Waals surface area contributed by atoms with Crippen LogP contribution in [0.5, 0.6) is 0 Å². The summed E-state index contributed by atoms with van der Waals surface area (Å²) in [6.07, 6.45) is 7.74. The number of hydrogen-bond donors (Lipinski definition) is 2. The summed E-state index contributed by atoms with van der Waals surface area (Å²) in [7, 11) is 0. The lowest BCUT2D eigenvalue weighted by Gasteiger charge is -2.43. The van der Waals surface area contributed by atoms with E-state index in [9.17, 15) is 0 Å². The summed E-state index contributed by atoms with van der Waals surface area (Å²) in [5.41, 5.74) is 11.7. The van der Waals surface area contributed by atoms with Crippen molar-refractivity contribution < 1.29 is 0 Å². The number of allylic oxidation sites excluding steroid dienone is 1. The summed E-state index contributed by atoms with van der Waals surface area (Å²) in [5, 5.41) is 0. The van der Waals surface area contributed by atoms with E-state index >= 15 is 0 Å². The van der Waals surface area contributed by atoms with Crippen LogP contribution >= 0.6 is 0 Å². The van der Waals surface area contributed by atoms with Crippen molar-refractivity contribution in [2.75, 3.05) is 0 Å². The lowest BCUT2D eigenvalue weighted by molar-refractivity contribution is 0.244. The van der Waals surface area contributed by atoms with Crippen molar-refractivity contribution >= 4 is 0 Å². The van der Waals surface area contributed by atoms with Crippen LogP contribution in [0.4, 0.5) is 0 Å². The molecule has 0 heterocycles. The minimum absolute atomic E-state index is 0.158. The minimum Gasteiger partial charge on any atom is -0.326 e. The van der Waals surface area contributed by atoms with Gasteiger partial charge < -0.3 is 11.5 Å². The van der Waals surface area contributed by atoms with Gasteiger partial charge in [-0.05, 0) is 25.2 Å². The SMILES string of the molecule is NC1CC2C=CC1(N)CC2. The van der Waals surface area contributed by atoms with Gasteiger partial charge in [-0.15, -0.1) is 0 Å². The van der Waals surface area contributed by atoms with Crippen molar-refractivity contribution in [2.45, 2.75) is 30.8 Å². The van der Waals surface area contributed by atoms with Crippen molar-refractivity contribution in [2.24, 2.45) is 17.4 Å². The molecule has 2 bridgehead atoms. The van der Waals surface area contributed by atoms with Crippen molar-refractivity contribution in [1.29, 1.82) is 0 Å². The normalized spacial score (nSPS) is 51.8. The Morgan fingerprint density at radius 2 is 2.30 bits per heavy atom. The zero-order valence-electron chi connectivity index (χ0n) is 6.09. The molecule has 3 atom stereocenters. The fourth-order valence-electron chi connectivity index (χ4n) is 1.98. The molecule has 3 unspecified atom stereocenters. The molecule has 0 aromatic carbocycles. The van der Waals surface area contributed by atoms with Crippen LogP contribution in [0.25, 0.3) is 0 Å². The maximum atomic E-state index is 6.03. The van der Waals surface area contributed by atoms with Gasteiger partial charge in [0.2, 0.25) is 0 Å². The lowest BCUT2D eigenvalue weighted by atomic mass is 9.68. The Morgan fingerprint density at radius 3 is 2.60 bits per heavy atom. The summed E-state index contributed by atoms with van der Waals surface area (Å²) in [6, 6.07) is 0.205. The van der Waals surface area contributed by atoms with Crippen molar-refractivity contribution in [3.8, 4) is 0 Å². The van der Waals surface area contributed by atoms with E-state index < -0.39 is 0 Å². The summed E-state index contributed by atoms with van der Waals surface area (Å²) >= 11 is 0. The molecule has 0 saturated heterocycles. The fourth-order valence-corrected chi connectivity index (χ4v) is 1.98. The van der Waals surface area contributed by atoms with Crippen molar-refractivity contribution in [3.05, 3.63) is 12.2 Å². The van der Waals surface area contributed by atoms with Gasteiger partial charge >= 0.3 is 0 Å². The molecule has 2 heteroatoms. The van der Waals surface area contributed by atoms with Gasteiger partial charge in [0.15, 0.2) is 0 Å². The average Bonchev–Trinajstić information content (AvgIpc) is 1.92. The van der Waals surface area contributed by atoms with Gasteiger partial charge in [0.1, 0.15) is 0 Å². The van der Waals surface area contributed by atoms with Crippen molar-refractivity contribution in [3.63, 3.8) is 0 Å². The highest BCUT2D eigenvalue weighted by Crippen LogP contribution is 2.36. The standard InChI is InChI=1S/C8H14N2/c9-7-5-6-1-3-8(7,10)4-2-6/h1,3,6-7H,2,4-5,9-10H2. The molecule has 1 fully saturated rings. The molecular weight excluding hydrogens is 124 g/mol. The first-order valence-electron chi connectivity index (χ1n) is 3.94. The Kier molecular flexibility index (Phi) is 1.17. The molecule has 56 valence electrons. The largest absolute Gasteiger partial charge is 0.326 e. The topological polar surface area (TPSA) is 52.0 Å². The molecular formula is C8H14N2. The molecule has 0 spiro atoms. The second kappa shape index (κ2) is 1.83. The monoisotopic (exact) mass is 138 g/mol. The number of nitrogens with two attached hydrogens (primary N) is 2. The summed E-state index contributed by atoms with van der Waals surface area (Å²) < 4.78 is 0. The molecule has 0 amide bonds. The van der Waals surface area contributed by atoms with Gasteiger partial charge in [-0.3, -0.25) is 0 Å². The molecule has 3 rings (SSSR count). The third-order valence-corrected chi connectivity index (χ3v) is 2.87. The minimum atomic E-state index is -0.158. The summed E-state index contributed by atoms with van der Waals surface area (Å²) in [6.45, 7) is 0. The second-order valence-electron chi connectivity index (χ2n) is 3.61. The average molecular weight is 138 g/mol. The summed E-state index contributed by atoms with van der Waals surface area (Å²) in [5.74, 6) is 0.723. The van der Waals surface area contributed by atoms with Crippen molar-refractivity contribution in [1.82, 2.24) is 0 Å². The third-order valence-electron chi connectivity index (χ3n) is 2.87. The molecule has 0 aliphatic heterocycles. The zero-order chi connectivity index (χ0) is 7.19. The molecule has 10 heavy (non-hydrogen) atoms. The zero-order valence-corrected chi connectivity index (χ0v) is 6.09. The highest BCUT2D eigenvalue weighted by molar-refractivity contribution is 5.20. The smallest absolute Gasteiger partial charge is 0.0493 e. The molecule has 3 aliphatic carbocycles. The Labute approximate surface area is 61.3 Å².